The average Bonchev–Trinajstić information content (AvgIpc) is 2.80. The smallest absolute Gasteiger partial charge is 0.309 e. The van der Waals surface area contributed by atoms with E-state index in [0.29, 0.717) is 43.2 Å². The fraction of sp³-hybridized carbons (Fsp3) is 0.409. The highest BCUT2D eigenvalue weighted by atomic mass is 35.5. The highest BCUT2D eigenvalue weighted by molar-refractivity contribution is 6.33. The molecule has 0 aliphatic carbocycles. The number of halogens is 1. The van der Waals surface area contributed by atoms with Crippen molar-refractivity contribution in [3.63, 3.8) is 0 Å². The number of hydrogen-bond donors (Lipinski definition) is 3. The van der Waals surface area contributed by atoms with Gasteiger partial charge in [-0.05, 0) is 31.9 Å². The molecular weight excluding hydrogens is 450 g/mol. The summed E-state index contributed by atoms with van der Waals surface area (Å²) in [5.74, 6) is -2.00. The number of nitrogens with one attached hydrogen (secondary N) is 3. The first-order valence-electron chi connectivity index (χ1n) is 10.8. The van der Waals surface area contributed by atoms with E-state index in [-0.39, 0.29) is 35.6 Å². The van der Waals surface area contributed by atoms with Crippen molar-refractivity contribution < 1.29 is 19.1 Å². The number of anilines is 3. The van der Waals surface area contributed by atoms with Gasteiger partial charge in [0.05, 0.1) is 34.7 Å². The minimum Gasteiger partial charge on any atom is -0.466 e. The van der Waals surface area contributed by atoms with Crippen molar-refractivity contribution in [2.45, 2.75) is 32.1 Å². The van der Waals surface area contributed by atoms with Gasteiger partial charge in [-0.25, -0.2) is 0 Å². The summed E-state index contributed by atoms with van der Waals surface area (Å²) in [5.41, 5.74) is -0.00619. The molecule has 174 valence electrons. The van der Waals surface area contributed by atoms with E-state index in [9.17, 15) is 19.2 Å². The number of H-pyrrole nitrogens is 1. The van der Waals surface area contributed by atoms with Crippen LogP contribution in [0.5, 0.6) is 0 Å². The largest absolute Gasteiger partial charge is 0.466 e. The highest BCUT2D eigenvalue weighted by Crippen LogP contribution is 2.32. The van der Waals surface area contributed by atoms with Gasteiger partial charge in [0.1, 0.15) is 5.82 Å². The van der Waals surface area contributed by atoms with Crippen LogP contribution in [0.3, 0.4) is 0 Å². The van der Waals surface area contributed by atoms with Crippen LogP contribution in [-0.2, 0) is 19.1 Å². The molecule has 0 saturated carbocycles. The number of amides is 2. The predicted octanol–water partition coefficient (Wildman–Crippen LogP) is 2.27. The van der Waals surface area contributed by atoms with E-state index in [1.165, 1.54) is 0 Å². The third-order valence-corrected chi connectivity index (χ3v) is 6.13. The number of carbonyl (C=O) groups is 3. The third-order valence-electron chi connectivity index (χ3n) is 5.80. The number of fused-ring (bicyclic) bond motifs is 1. The van der Waals surface area contributed by atoms with Crippen LogP contribution in [0.1, 0.15) is 37.7 Å². The molecular formula is C22H24ClN5O5. The molecule has 0 spiro atoms. The van der Waals surface area contributed by atoms with Crippen LogP contribution >= 0.6 is 11.6 Å². The summed E-state index contributed by atoms with van der Waals surface area (Å²) in [5, 5.41) is 5.64. The van der Waals surface area contributed by atoms with Crippen LogP contribution in [0.2, 0.25) is 5.02 Å². The summed E-state index contributed by atoms with van der Waals surface area (Å²) >= 11 is 6.11. The molecule has 2 aliphatic heterocycles. The van der Waals surface area contributed by atoms with Gasteiger partial charge >= 0.3 is 5.97 Å². The zero-order chi connectivity index (χ0) is 23.5. The molecule has 2 amide bonds. The fourth-order valence-electron chi connectivity index (χ4n) is 4.10. The van der Waals surface area contributed by atoms with Gasteiger partial charge in [0, 0.05) is 19.5 Å². The van der Waals surface area contributed by atoms with E-state index in [1.54, 1.807) is 31.2 Å². The molecule has 1 saturated heterocycles. The van der Waals surface area contributed by atoms with E-state index in [0.717, 1.165) is 0 Å². The molecule has 4 rings (SSSR count). The summed E-state index contributed by atoms with van der Waals surface area (Å²) < 4.78 is 5.09. The summed E-state index contributed by atoms with van der Waals surface area (Å²) in [6.07, 6.45) is 0.946. The van der Waals surface area contributed by atoms with Crippen molar-refractivity contribution in [1.82, 2.24) is 9.97 Å². The normalized spacial score (nSPS) is 18.3. The van der Waals surface area contributed by atoms with Crippen LogP contribution in [0.25, 0.3) is 0 Å². The zero-order valence-corrected chi connectivity index (χ0v) is 18.8. The van der Waals surface area contributed by atoms with Gasteiger partial charge in [0.2, 0.25) is 17.8 Å². The lowest BCUT2D eigenvalue weighted by atomic mass is 9.92. The Morgan fingerprint density at radius 1 is 1.24 bits per heavy atom. The number of carbonyl (C=O) groups excluding carboxylic acids is 3. The second-order valence-electron chi connectivity index (χ2n) is 7.94. The first-order chi connectivity index (χ1) is 15.9. The van der Waals surface area contributed by atoms with Gasteiger partial charge in [0.15, 0.2) is 0 Å². The summed E-state index contributed by atoms with van der Waals surface area (Å²) in [6.45, 7) is 3.10. The number of hydrogen-bond acceptors (Lipinski definition) is 7. The van der Waals surface area contributed by atoms with Crippen molar-refractivity contribution in [3.8, 4) is 0 Å². The minimum atomic E-state index is -1.01. The Hall–Kier alpha value is -3.40. The topological polar surface area (TPSA) is 133 Å². The van der Waals surface area contributed by atoms with E-state index in [1.807, 2.05) is 4.90 Å². The Kier molecular flexibility index (Phi) is 6.64. The summed E-state index contributed by atoms with van der Waals surface area (Å²) in [4.78, 5) is 59.2. The lowest BCUT2D eigenvalue weighted by molar-refractivity contribution is -0.148. The van der Waals surface area contributed by atoms with E-state index in [4.69, 9.17) is 16.3 Å². The van der Waals surface area contributed by atoms with Crippen molar-refractivity contribution in [2.24, 2.45) is 5.92 Å². The van der Waals surface area contributed by atoms with Gasteiger partial charge in [-0.1, -0.05) is 23.7 Å². The Morgan fingerprint density at radius 3 is 2.67 bits per heavy atom. The molecule has 3 heterocycles. The summed E-state index contributed by atoms with van der Waals surface area (Å²) in [7, 11) is 0. The van der Waals surface area contributed by atoms with E-state index >= 15 is 0 Å². The maximum absolute atomic E-state index is 13.0. The zero-order valence-electron chi connectivity index (χ0n) is 18.0. The Bertz CT molecular complexity index is 1140. The molecule has 3 N–H and O–H groups in total. The number of ether oxygens (including phenoxy) is 1. The molecule has 1 aromatic heterocycles. The lowest BCUT2D eigenvalue weighted by Crippen LogP contribution is -2.41. The number of benzene rings is 1. The minimum absolute atomic E-state index is 0.0665. The molecule has 1 aromatic carbocycles. The molecule has 33 heavy (non-hydrogen) atoms. The van der Waals surface area contributed by atoms with Gasteiger partial charge in [0.25, 0.3) is 5.56 Å². The molecule has 11 heteroatoms. The molecule has 0 bridgehead atoms. The van der Waals surface area contributed by atoms with Gasteiger partial charge in [-0.3, -0.25) is 24.2 Å². The van der Waals surface area contributed by atoms with Crippen LogP contribution in [0, 0.1) is 5.92 Å². The molecule has 0 unspecified atom stereocenters. The molecule has 1 atom stereocenters. The van der Waals surface area contributed by atoms with Crippen molar-refractivity contribution >= 4 is 46.8 Å². The first kappa shape index (κ1) is 22.8. The number of rotatable bonds is 5. The highest BCUT2D eigenvalue weighted by Gasteiger charge is 2.36. The number of aromatic amines is 1. The second-order valence-corrected chi connectivity index (χ2v) is 8.35. The Morgan fingerprint density at radius 2 is 1.97 bits per heavy atom. The number of nitrogens with zero attached hydrogens (tertiary/aromatic N) is 2. The van der Waals surface area contributed by atoms with Gasteiger partial charge < -0.3 is 20.3 Å². The van der Waals surface area contributed by atoms with Gasteiger partial charge in [-0.2, -0.15) is 4.98 Å². The predicted molar refractivity (Wildman–Crippen MR) is 122 cm³/mol. The monoisotopic (exact) mass is 473 g/mol. The Balaban J connectivity index is 1.55. The Labute approximate surface area is 194 Å². The first-order valence-corrected chi connectivity index (χ1v) is 11.2. The second kappa shape index (κ2) is 9.62. The standard InChI is InChI=1S/C22H24ClN5O5/c1-2-33-21(32)12-7-9-28(10-8-12)22-26-18-17(20(31)27-22)13(11-16(29)25-18)19(30)24-15-6-4-3-5-14(15)23/h3-6,12-13H,2,7-11H2,1H3,(H,24,30)(H2,25,26,27,29,31)/t13-/m0/s1. The van der Waals surface area contributed by atoms with Crippen LogP contribution < -0.4 is 21.1 Å². The number of aromatic nitrogens is 2. The SMILES string of the molecule is CCOC(=O)C1CCN(c2nc3c(c(=O)[nH]2)[C@@H](C(=O)Nc2ccccc2Cl)CC(=O)N3)CC1. The van der Waals surface area contributed by atoms with E-state index in [2.05, 4.69) is 20.6 Å². The average molecular weight is 474 g/mol. The maximum Gasteiger partial charge on any atom is 0.309 e. The molecule has 0 radical (unpaired) electrons. The van der Waals surface area contributed by atoms with Crippen LogP contribution in [-0.4, -0.2) is 47.4 Å². The molecule has 1 fully saturated rings. The van der Waals surface area contributed by atoms with E-state index < -0.39 is 23.3 Å². The molecule has 10 nitrogen and oxygen atoms in total. The number of piperidine rings is 1. The summed E-state index contributed by atoms with van der Waals surface area (Å²) in [6, 6.07) is 6.71. The third kappa shape index (κ3) is 4.85. The van der Waals surface area contributed by atoms with Crippen LogP contribution in [0.15, 0.2) is 29.1 Å². The van der Waals surface area contributed by atoms with Crippen LogP contribution in [0.4, 0.5) is 17.5 Å². The molecule has 2 aliphatic rings. The molecule has 2 aromatic rings. The van der Waals surface area contributed by atoms with Gasteiger partial charge in [-0.15, -0.1) is 0 Å². The number of para-hydroxylation sites is 1. The van der Waals surface area contributed by atoms with Crippen molar-refractivity contribution in [3.05, 3.63) is 45.2 Å². The van der Waals surface area contributed by atoms with Crippen molar-refractivity contribution in [2.75, 3.05) is 35.2 Å². The lowest BCUT2D eigenvalue weighted by Gasteiger charge is -2.32. The quantitative estimate of drug-likeness (QED) is 0.567. The maximum atomic E-state index is 13.0. The fourth-order valence-corrected chi connectivity index (χ4v) is 4.29. The number of esters is 1. The van der Waals surface area contributed by atoms with Crippen molar-refractivity contribution in [1.29, 1.82) is 0 Å².